The smallest absolute Gasteiger partial charge is 0.265 e. The van der Waals surface area contributed by atoms with Gasteiger partial charge in [0.15, 0.2) is 0 Å². The lowest BCUT2D eigenvalue weighted by Gasteiger charge is -2.53. The molecule has 1 spiro atoms. The van der Waals surface area contributed by atoms with Crippen molar-refractivity contribution >= 4 is 51.9 Å². The van der Waals surface area contributed by atoms with Crippen molar-refractivity contribution in [1.82, 2.24) is 4.98 Å². The van der Waals surface area contributed by atoms with E-state index >= 15 is 0 Å². The first-order chi connectivity index (χ1) is 25.6. The number of rotatable bonds is 6. The van der Waals surface area contributed by atoms with Crippen molar-refractivity contribution in [3.8, 4) is 10.4 Å². The molecule has 5 aromatic rings. The van der Waals surface area contributed by atoms with E-state index in [1.54, 1.807) is 55.5 Å². The van der Waals surface area contributed by atoms with Crippen LogP contribution in [0.4, 0.5) is 36.1 Å². The van der Waals surface area contributed by atoms with Crippen LogP contribution in [0.15, 0.2) is 79.0 Å². The second-order valence-corrected chi connectivity index (χ2v) is 14.8. The molecule has 270 valence electrons. The lowest BCUT2D eigenvalue weighted by atomic mass is 9.73. The minimum Gasteiger partial charge on any atom is -0.381 e. The van der Waals surface area contributed by atoms with E-state index in [0.29, 0.717) is 58.4 Å². The van der Waals surface area contributed by atoms with Crippen LogP contribution in [-0.2, 0) is 11.2 Å². The van der Waals surface area contributed by atoms with Gasteiger partial charge in [-0.05, 0) is 98.0 Å². The number of amides is 3. The zero-order chi connectivity index (χ0) is 36.9. The number of thiophene rings is 1. The third kappa shape index (κ3) is 6.66. The number of carbonyl (C=O) groups is 3. The summed E-state index contributed by atoms with van der Waals surface area (Å²) in [6.45, 7) is 4.74. The third-order valence-electron chi connectivity index (χ3n) is 10.2. The van der Waals surface area contributed by atoms with Gasteiger partial charge in [-0.3, -0.25) is 14.4 Å². The van der Waals surface area contributed by atoms with Crippen molar-refractivity contribution in [1.29, 1.82) is 0 Å². The van der Waals surface area contributed by atoms with E-state index in [1.165, 1.54) is 40.5 Å². The molecule has 9 nitrogen and oxygen atoms in total. The Morgan fingerprint density at radius 3 is 2.42 bits per heavy atom. The van der Waals surface area contributed by atoms with Gasteiger partial charge < -0.3 is 25.2 Å². The second kappa shape index (κ2) is 13.8. The molecule has 3 aliphatic rings. The van der Waals surface area contributed by atoms with E-state index in [0.717, 1.165) is 42.6 Å². The number of carbonyl (C=O) groups excluding carboxylic acids is 3. The lowest BCUT2D eigenvalue weighted by Crippen LogP contribution is -2.59. The van der Waals surface area contributed by atoms with Crippen LogP contribution in [0.5, 0.6) is 0 Å². The molecule has 0 saturated carbocycles. The molecule has 5 heterocycles. The highest BCUT2D eigenvalue weighted by Crippen LogP contribution is 2.44. The molecule has 13 heteroatoms. The highest BCUT2D eigenvalue weighted by Gasteiger charge is 2.45. The molecule has 3 aliphatic heterocycles. The lowest BCUT2D eigenvalue weighted by molar-refractivity contribution is -0.000516. The fraction of sp³-hybridized carbons (Fsp3) is 0.250. The van der Waals surface area contributed by atoms with Gasteiger partial charge in [-0.25, -0.2) is 18.2 Å². The van der Waals surface area contributed by atoms with Gasteiger partial charge in [0.05, 0.1) is 28.0 Å². The summed E-state index contributed by atoms with van der Waals surface area (Å²) in [5.41, 5.74) is 3.38. The highest BCUT2D eigenvalue weighted by molar-refractivity contribution is 7.17. The SMILES string of the molecule is Cc1cccc(F)c1NC(=O)c1cc2c(s1)-c1ccc(F)cc1N(C(=O)c1ccc(NC(=O)c3cc(F)cnc3N3CC4(CCOCC4)C3)cc1)CC2. The molecule has 3 aromatic carbocycles. The highest BCUT2D eigenvalue weighted by atomic mass is 32.1. The molecule has 0 atom stereocenters. The summed E-state index contributed by atoms with van der Waals surface area (Å²) in [6.07, 6.45) is 3.35. The van der Waals surface area contributed by atoms with Crippen LogP contribution >= 0.6 is 11.3 Å². The quantitative estimate of drug-likeness (QED) is 0.184. The molecule has 53 heavy (non-hydrogen) atoms. The summed E-state index contributed by atoms with van der Waals surface area (Å²) in [7, 11) is 0. The zero-order valence-electron chi connectivity index (χ0n) is 28.7. The molecule has 0 radical (unpaired) electrons. The average molecular weight is 738 g/mol. The maximum absolute atomic E-state index is 14.7. The zero-order valence-corrected chi connectivity index (χ0v) is 29.5. The van der Waals surface area contributed by atoms with Crippen molar-refractivity contribution in [2.24, 2.45) is 5.41 Å². The van der Waals surface area contributed by atoms with Crippen LogP contribution in [0.1, 0.15) is 54.4 Å². The van der Waals surface area contributed by atoms with Gasteiger partial charge in [-0.2, -0.15) is 0 Å². The summed E-state index contributed by atoms with van der Waals surface area (Å²) in [5.74, 6) is -2.64. The number of hydrogen-bond donors (Lipinski definition) is 2. The number of nitrogens with one attached hydrogen (secondary N) is 2. The number of nitrogens with zero attached hydrogens (tertiary/aromatic N) is 3. The number of ether oxygens (including phenoxy) is 1. The van der Waals surface area contributed by atoms with Gasteiger partial charge in [0.2, 0.25) is 0 Å². The number of para-hydroxylation sites is 1. The van der Waals surface area contributed by atoms with E-state index in [-0.39, 0.29) is 29.1 Å². The number of fused-ring (bicyclic) bond motifs is 3. The van der Waals surface area contributed by atoms with Crippen LogP contribution < -0.4 is 20.4 Å². The molecule has 2 N–H and O–H groups in total. The number of pyridine rings is 1. The minimum absolute atomic E-state index is 0.108. The first kappa shape index (κ1) is 34.6. The number of benzene rings is 3. The number of anilines is 4. The van der Waals surface area contributed by atoms with Crippen molar-refractivity contribution in [2.45, 2.75) is 26.2 Å². The van der Waals surface area contributed by atoms with Gasteiger partial charge in [0, 0.05) is 60.0 Å². The monoisotopic (exact) mass is 737 g/mol. The molecule has 8 rings (SSSR count). The molecule has 0 aliphatic carbocycles. The van der Waals surface area contributed by atoms with E-state index in [9.17, 15) is 27.6 Å². The minimum atomic E-state index is -0.623. The average Bonchev–Trinajstić information content (AvgIpc) is 3.51. The number of hydrogen-bond acceptors (Lipinski definition) is 7. The summed E-state index contributed by atoms with van der Waals surface area (Å²) < 4.78 is 49.0. The molecule has 3 amide bonds. The predicted octanol–water partition coefficient (Wildman–Crippen LogP) is 7.86. The third-order valence-corrected chi connectivity index (χ3v) is 11.4. The Morgan fingerprint density at radius 1 is 0.887 bits per heavy atom. The van der Waals surface area contributed by atoms with E-state index in [4.69, 9.17) is 4.74 Å². The second-order valence-electron chi connectivity index (χ2n) is 13.7. The van der Waals surface area contributed by atoms with Crippen LogP contribution in [0.25, 0.3) is 10.4 Å². The Bertz CT molecular complexity index is 2240. The maximum atomic E-state index is 14.7. The largest absolute Gasteiger partial charge is 0.381 e. The Labute approximate surface area is 307 Å². The standard InChI is InChI=1S/C40H34F3N5O4S/c1-23-3-2-4-31(43)34(23)46-38(50)33-17-25-11-14-48(32-19-26(41)7-10-29(32)35(25)53-33)39(51)24-5-8-28(9-6-24)45-37(49)30-18-27(42)20-44-36(30)47-21-40(22-47)12-15-52-16-13-40/h2-10,17-20H,11-16,21-22H2,1H3,(H,45,49)(H,46,50). The van der Waals surface area contributed by atoms with Gasteiger partial charge in [-0.15, -0.1) is 11.3 Å². The molecular weight excluding hydrogens is 704 g/mol. The van der Waals surface area contributed by atoms with Crippen molar-refractivity contribution in [3.63, 3.8) is 0 Å². The van der Waals surface area contributed by atoms with E-state index in [2.05, 4.69) is 15.6 Å². The van der Waals surface area contributed by atoms with Gasteiger partial charge in [0.25, 0.3) is 17.7 Å². The Kier molecular flexibility index (Phi) is 8.99. The van der Waals surface area contributed by atoms with Crippen LogP contribution in [-0.4, -0.2) is 55.6 Å². The van der Waals surface area contributed by atoms with Gasteiger partial charge >= 0.3 is 0 Å². The number of aryl methyl sites for hydroxylation is 1. The normalized spacial score (nSPS) is 15.9. The molecule has 2 aromatic heterocycles. The van der Waals surface area contributed by atoms with E-state index in [1.807, 2.05) is 4.90 Å². The van der Waals surface area contributed by atoms with Crippen LogP contribution in [0.2, 0.25) is 0 Å². The van der Waals surface area contributed by atoms with Gasteiger partial charge in [-0.1, -0.05) is 12.1 Å². The summed E-state index contributed by atoms with van der Waals surface area (Å²) in [4.78, 5) is 49.5. The maximum Gasteiger partial charge on any atom is 0.265 e. The summed E-state index contributed by atoms with van der Waals surface area (Å²) >= 11 is 1.19. The Balaban J connectivity index is 0.991. The van der Waals surface area contributed by atoms with Crippen molar-refractivity contribution in [2.75, 3.05) is 53.3 Å². The fourth-order valence-corrected chi connectivity index (χ4v) is 8.48. The molecule has 0 unspecified atom stereocenters. The molecule has 2 fully saturated rings. The summed E-state index contributed by atoms with van der Waals surface area (Å²) in [5, 5.41) is 5.48. The van der Waals surface area contributed by atoms with Crippen molar-refractivity contribution in [3.05, 3.63) is 124 Å². The number of aromatic nitrogens is 1. The molecular formula is C40H34F3N5O4S. The molecule has 2 saturated heterocycles. The number of halogens is 3. The first-order valence-electron chi connectivity index (χ1n) is 17.3. The summed E-state index contributed by atoms with van der Waals surface area (Å²) in [6, 6.07) is 18.0. The fourth-order valence-electron chi connectivity index (χ4n) is 7.34. The van der Waals surface area contributed by atoms with Crippen molar-refractivity contribution < 1.29 is 32.3 Å². The Hall–Kier alpha value is -5.53. The molecule has 0 bridgehead atoms. The van der Waals surface area contributed by atoms with Crippen LogP contribution in [0.3, 0.4) is 0 Å². The first-order valence-corrected chi connectivity index (χ1v) is 18.1. The Morgan fingerprint density at radius 2 is 1.66 bits per heavy atom. The predicted molar refractivity (Wildman–Crippen MR) is 197 cm³/mol. The van der Waals surface area contributed by atoms with Crippen LogP contribution in [0, 0.1) is 29.8 Å². The van der Waals surface area contributed by atoms with Gasteiger partial charge in [0.1, 0.15) is 23.3 Å². The van der Waals surface area contributed by atoms with E-state index < -0.39 is 29.3 Å². The topological polar surface area (TPSA) is 104 Å².